The van der Waals surface area contributed by atoms with Gasteiger partial charge in [-0.25, -0.2) is 9.78 Å². The van der Waals surface area contributed by atoms with Crippen LogP contribution in [0, 0.1) is 0 Å². The van der Waals surface area contributed by atoms with Crippen molar-refractivity contribution in [2.75, 3.05) is 26.3 Å². The van der Waals surface area contributed by atoms with E-state index in [1.165, 1.54) is 11.6 Å². The van der Waals surface area contributed by atoms with Gasteiger partial charge < -0.3 is 24.9 Å². The molecule has 2 aliphatic rings. The molecule has 2 aromatic rings. The molecule has 0 amide bonds. The first kappa shape index (κ1) is 22.2. The fourth-order valence-electron chi connectivity index (χ4n) is 3.36. The van der Waals surface area contributed by atoms with E-state index in [2.05, 4.69) is 21.4 Å². The molecule has 0 spiro atoms. The van der Waals surface area contributed by atoms with Gasteiger partial charge in [0.1, 0.15) is 11.8 Å². The van der Waals surface area contributed by atoms with Crippen LogP contribution in [0.2, 0.25) is 0 Å². The lowest BCUT2D eigenvalue weighted by molar-refractivity contribution is 0.0691. The van der Waals surface area contributed by atoms with Crippen molar-refractivity contribution in [3.63, 3.8) is 0 Å². The molecule has 2 aliphatic heterocycles. The number of aromatic carboxylic acids is 1. The number of carboxylic acid groups (broad SMARTS) is 1. The first-order valence-electron chi connectivity index (χ1n) is 9.50. The average molecular weight is 410 g/mol. The number of halogens is 1. The molecule has 28 heavy (non-hydrogen) atoms. The predicted molar refractivity (Wildman–Crippen MR) is 109 cm³/mol. The molecule has 2 aromatic heterocycles. The number of aromatic nitrogens is 2. The van der Waals surface area contributed by atoms with E-state index >= 15 is 0 Å². The van der Waals surface area contributed by atoms with Gasteiger partial charge in [-0.2, -0.15) is 0 Å². The number of carbonyl (C=O) groups is 1. The SMILES string of the molecule is Cl.O=C(O)c1ccc[nH]1.c1cnc(OC2CCNCC2)c(C2CCOCC2)c1. The molecule has 0 atom stereocenters. The first-order chi connectivity index (χ1) is 13.2. The van der Waals surface area contributed by atoms with E-state index < -0.39 is 5.97 Å². The Labute approximate surface area is 171 Å². The molecule has 8 heteroatoms. The number of ether oxygens (including phenoxy) is 2. The fourth-order valence-corrected chi connectivity index (χ4v) is 3.36. The highest BCUT2D eigenvalue weighted by molar-refractivity contribution is 5.85. The Kier molecular flexibility index (Phi) is 9.27. The predicted octanol–water partition coefficient (Wildman–Crippen LogP) is 3.24. The Balaban J connectivity index is 0.000000264. The highest BCUT2D eigenvalue weighted by Gasteiger charge is 2.22. The molecule has 0 unspecified atom stereocenters. The Morgan fingerprint density at radius 1 is 1.14 bits per heavy atom. The van der Waals surface area contributed by atoms with Gasteiger partial charge in [-0.05, 0) is 62.9 Å². The van der Waals surface area contributed by atoms with Crippen molar-refractivity contribution < 1.29 is 19.4 Å². The highest BCUT2D eigenvalue weighted by Crippen LogP contribution is 2.33. The first-order valence-corrected chi connectivity index (χ1v) is 9.50. The molecule has 154 valence electrons. The number of carboxylic acids is 1. The molecule has 4 heterocycles. The zero-order valence-corrected chi connectivity index (χ0v) is 16.6. The third-order valence-corrected chi connectivity index (χ3v) is 4.85. The minimum Gasteiger partial charge on any atom is -0.477 e. The van der Waals surface area contributed by atoms with Crippen LogP contribution in [0.5, 0.6) is 5.88 Å². The quantitative estimate of drug-likeness (QED) is 0.717. The molecule has 4 rings (SSSR count). The van der Waals surface area contributed by atoms with Gasteiger partial charge in [0.25, 0.3) is 0 Å². The number of rotatable bonds is 4. The number of H-pyrrole nitrogens is 1. The summed E-state index contributed by atoms with van der Waals surface area (Å²) in [5.74, 6) is 0.468. The van der Waals surface area contributed by atoms with Crippen molar-refractivity contribution in [1.82, 2.24) is 15.3 Å². The van der Waals surface area contributed by atoms with E-state index in [1.54, 1.807) is 12.3 Å². The molecular weight excluding hydrogens is 382 g/mol. The van der Waals surface area contributed by atoms with Gasteiger partial charge in [0.15, 0.2) is 0 Å². The second-order valence-electron chi connectivity index (χ2n) is 6.74. The van der Waals surface area contributed by atoms with Gasteiger partial charge in [0.2, 0.25) is 5.88 Å². The number of piperidine rings is 1. The number of hydrogen-bond acceptors (Lipinski definition) is 5. The molecule has 0 radical (unpaired) electrons. The summed E-state index contributed by atoms with van der Waals surface area (Å²) in [6.45, 7) is 3.80. The molecular formula is C20H28ClN3O4. The van der Waals surface area contributed by atoms with Crippen LogP contribution >= 0.6 is 12.4 Å². The van der Waals surface area contributed by atoms with Crippen LogP contribution in [0.25, 0.3) is 0 Å². The normalized spacial score (nSPS) is 17.7. The monoisotopic (exact) mass is 409 g/mol. The Morgan fingerprint density at radius 3 is 2.50 bits per heavy atom. The summed E-state index contributed by atoms with van der Waals surface area (Å²) in [7, 11) is 0. The van der Waals surface area contributed by atoms with Crippen molar-refractivity contribution >= 4 is 18.4 Å². The molecule has 7 nitrogen and oxygen atoms in total. The van der Waals surface area contributed by atoms with Gasteiger partial charge >= 0.3 is 5.97 Å². The molecule has 0 aromatic carbocycles. The number of nitrogens with zero attached hydrogens (tertiary/aromatic N) is 1. The van der Waals surface area contributed by atoms with Crippen LogP contribution < -0.4 is 10.1 Å². The van der Waals surface area contributed by atoms with Crippen LogP contribution in [-0.2, 0) is 4.74 Å². The number of hydrogen-bond donors (Lipinski definition) is 3. The molecule has 0 saturated carbocycles. The summed E-state index contributed by atoms with van der Waals surface area (Å²) in [6.07, 6.45) is 8.02. The third-order valence-electron chi connectivity index (χ3n) is 4.85. The Bertz CT molecular complexity index is 699. The lowest BCUT2D eigenvalue weighted by Gasteiger charge is -2.27. The summed E-state index contributed by atoms with van der Waals surface area (Å²) >= 11 is 0. The van der Waals surface area contributed by atoms with E-state index in [9.17, 15) is 4.79 Å². The zero-order valence-electron chi connectivity index (χ0n) is 15.8. The summed E-state index contributed by atoms with van der Waals surface area (Å²) in [4.78, 5) is 17.0. The lowest BCUT2D eigenvalue weighted by Crippen LogP contribution is -2.34. The maximum atomic E-state index is 10.0. The average Bonchev–Trinajstić information content (AvgIpc) is 3.26. The summed E-state index contributed by atoms with van der Waals surface area (Å²) in [5, 5.41) is 11.6. The van der Waals surface area contributed by atoms with Gasteiger partial charge in [-0.1, -0.05) is 6.07 Å². The molecule has 0 bridgehead atoms. The molecule has 2 saturated heterocycles. The standard InChI is InChI=1S/C15H22N2O2.C5H5NO2.ClH/c1-2-14(12-5-10-18-11-6-12)15(17-7-1)19-13-3-8-16-9-4-13;7-5(8)4-2-1-3-6-4;/h1-2,7,12-13,16H,3-6,8-11H2;1-3,6H,(H,7,8);1H. The maximum absolute atomic E-state index is 10.0. The highest BCUT2D eigenvalue weighted by atomic mass is 35.5. The van der Waals surface area contributed by atoms with Gasteiger partial charge in [-0.15, -0.1) is 12.4 Å². The van der Waals surface area contributed by atoms with E-state index in [1.807, 2.05) is 12.3 Å². The number of aromatic amines is 1. The summed E-state index contributed by atoms with van der Waals surface area (Å²) in [5.41, 5.74) is 1.49. The molecule has 2 fully saturated rings. The topological polar surface area (TPSA) is 96.5 Å². The minimum absolute atomic E-state index is 0. The van der Waals surface area contributed by atoms with E-state index in [0.29, 0.717) is 12.0 Å². The minimum atomic E-state index is -0.921. The van der Waals surface area contributed by atoms with E-state index in [0.717, 1.165) is 57.9 Å². The van der Waals surface area contributed by atoms with Crippen LogP contribution in [-0.4, -0.2) is 53.5 Å². The van der Waals surface area contributed by atoms with Crippen molar-refractivity contribution in [3.05, 3.63) is 47.9 Å². The third kappa shape index (κ3) is 6.51. The Hall–Kier alpha value is -2.09. The Morgan fingerprint density at radius 2 is 1.89 bits per heavy atom. The van der Waals surface area contributed by atoms with Crippen LogP contribution in [0.4, 0.5) is 0 Å². The van der Waals surface area contributed by atoms with Gasteiger partial charge in [0, 0.05) is 31.2 Å². The fraction of sp³-hybridized carbons (Fsp3) is 0.500. The maximum Gasteiger partial charge on any atom is 0.352 e. The lowest BCUT2D eigenvalue weighted by atomic mass is 9.92. The number of nitrogens with one attached hydrogen (secondary N) is 2. The van der Waals surface area contributed by atoms with E-state index in [-0.39, 0.29) is 18.1 Å². The van der Waals surface area contributed by atoms with Gasteiger partial charge in [-0.3, -0.25) is 0 Å². The van der Waals surface area contributed by atoms with Gasteiger partial charge in [0.05, 0.1) is 0 Å². The van der Waals surface area contributed by atoms with Crippen molar-refractivity contribution in [2.45, 2.75) is 37.7 Å². The molecule has 3 N–H and O–H groups in total. The van der Waals surface area contributed by atoms with Crippen LogP contribution in [0.1, 0.15) is 47.7 Å². The van der Waals surface area contributed by atoms with E-state index in [4.69, 9.17) is 14.6 Å². The second kappa shape index (κ2) is 11.7. The zero-order chi connectivity index (χ0) is 18.9. The van der Waals surface area contributed by atoms with Crippen LogP contribution in [0.3, 0.4) is 0 Å². The van der Waals surface area contributed by atoms with Crippen LogP contribution in [0.15, 0.2) is 36.7 Å². The van der Waals surface area contributed by atoms with Crippen molar-refractivity contribution in [3.8, 4) is 5.88 Å². The smallest absolute Gasteiger partial charge is 0.352 e. The second-order valence-corrected chi connectivity index (χ2v) is 6.74. The summed E-state index contributed by atoms with van der Waals surface area (Å²) in [6, 6.07) is 7.32. The van der Waals surface area contributed by atoms with Crippen molar-refractivity contribution in [1.29, 1.82) is 0 Å². The largest absolute Gasteiger partial charge is 0.477 e. The van der Waals surface area contributed by atoms with Crippen molar-refractivity contribution in [2.24, 2.45) is 0 Å². The summed E-state index contributed by atoms with van der Waals surface area (Å²) < 4.78 is 11.6. The number of pyridine rings is 1. The molecule has 0 aliphatic carbocycles.